The summed E-state index contributed by atoms with van der Waals surface area (Å²) in [6, 6.07) is 17.9. The molecule has 5 rings (SSSR count). The molecule has 0 N–H and O–H groups in total. The van der Waals surface area contributed by atoms with Crippen molar-refractivity contribution in [3.63, 3.8) is 0 Å². The molecule has 1 aliphatic heterocycles. The number of pyridine rings is 1. The van der Waals surface area contributed by atoms with Gasteiger partial charge in [-0.25, -0.2) is 4.63 Å². The highest BCUT2D eigenvalue weighted by molar-refractivity contribution is 5.97. The Bertz CT molecular complexity index is 1320. The molecule has 3 heterocycles. The van der Waals surface area contributed by atoms with Crippen molar-refractivity contribution in [2.75, 3.05) is 33.2 Å². The molecule has 0 bridgehead atoms. The van der Waals surface area contributed by atoms with Crippen molar-refractivity contribution in [1.82, 2.24) is 25.1 Å². The van der Waals surface area contributed by atoms with Crippen molar-refractivity contribution in [1.29, 1.82) is 0 Å². The number of hydrogen-bond donors (Lipinski definition) is 0. The topological polar surface area (TPSA) is 84.6 Å². The summed E-state index contributed by atoms with van der Waals surface area (Å²) in [5.74, 6) is 0.840. The number of carbonyl (C=O) groups excluding carboxylic acids is 1. The highest BCUT2D eigenvalue weighted by atomic mass is 16.6. The lowest BCUT2D eigenvalue weighted by Crippen LogP contribution is -2.36. The zero-order valence-electron chi connectivity index (χ0n) is 20.1. The van der Waals surface area contributed by atoms with Gasteiger partial charge in [0.05, 0.1) is 11.1 Å². The van der Waals surface area contributed by atoms with Crippen LogP contribution in [0.4, 0.5) is 0 Å². The maximum absolute atomic E-state index is 13.7. The van der Waals surface area contributed by atoms with Crippen molar-refractivity contribution in [3.8, 4) is 5.75 Å². The fourth-order valence-electron chi connectivity index (χ4n) is 4.65. The number of para-hydroxylation sites is 1. The molecule has 1 fully saturated rings. The lowest BCUT2D eigenvalue weighted by atomic mass is 9.97. The molecular formula is C27H29N5O3. The Morgan fingerprint density at radius 2 is 1.97 bits per heavy atom. The molecule has 2 aromatic carbocycles. The first kappa shape index (κ1) is 23.0. The number of carbonyl (C=O) groups is 1. The Labute approximate surface area is 204 Å². The first-order chi connectivity index (χ1) is 17.1. The van der Waals surface area contributed by atoms with E-state index in [0.717, 1.165) is 30.4 Å². The quantitative estimate of drug-likeness (QED) is 0.423. The summed E-state index contributed by atoms with van der Waals surface area (Å²) in [6.45, 7) is 5.14. The summed E-state index contributed by atoms with van der Waals surface area (Å²) in [4.78, 5) is 22.3. The Hall–Kier alpha value is -3.78. The first-order valence-corrected chi connectivity index (χ1v) is 11.9. The Kier molecular flexibility index (Phi) is 6.72. The average molecular weight is 472 g/mol. The number of hydrogen-bond acceptors (Lipinski definition) is 7. The van der Waals surface area contributed by atoms with Gasteiger partial charge in [0, 0.05) is 37.8 Å². The van der Waals surface area contributed by atoms with E-state index in [2.05, 4.69) is 51.5 Å². The molecule has 0 radical (unpaired) electrons. The molecule has 4 aromatic rings. The number of benzene rings is 2. The summed E-state index contributed by atoms with van der Waals surface area (Å²) in [6.07, 6.45) is 2.71. The van der Waals surface area contributed by atoms with E-state index in [1.807, 2.05) is 48.4 Å². The number of amides is 1. The van der Waals surface area contributed by atoms with Crippen LogP contribution in [0.1, 0.15) is 27.3 Å². The fraction of sp³-hybridized carbons (Fsp3) is 0.333. The molecule has 8 nitrogen and oxygen atoms in total. The van der Waals surface area contributed by atoms with Crippen molar-refractivity contribution in [2.24, 2.45) is 5.92 Å². The van der Waals surface area contributed by atoms with E-state index in [4.69, 9.17) is 9.37 Å². The SMILES string of the molecule is Cc1nonc1COc1ccccc1C(=O)N1CCN(C)C[C@H](Cc2ccc3ncccc3c2)C1. The molecule has 0 aliphatic carbocycles. The molecular weight excluding hydrogens is 442 g/mol. The smallest absolute Gasteiger partial charge is 0.257 e. The highest BCUT2D eigenvalue weighted by Gasteiger charge is 2.27. The van der Waals surface area contributed by atoms with Crippen molar-refractivity contribution < 1.29 is 14.2 Å². The van der Waals surface area contributed by atoms with Gasteiger partial charge in [-0.05, 0) is 62.2 Å². The number of aryl methyl sites for hydroxylation is 1. The molecule has 0 spiro atoms. The minimum atomic E-state index is -0.0152. The van der Waals surface area contributed by atoms with Crippen LogP contribution in [0.2, 0.25) is 0 Å². The summed E-state index contributed by atoms with van der Waals surface area (Å²) in [5, 5.41) is 8.80. The monoisotopic (exact) mass is 471 g/mol. The van der Waals surface area contributed by atoms with Gasteiger partial charge in [0.2, 0.25) is 0 Å². The van der Waals surface area contributed by atoms with Crippen LogP contribution in [0.15, 0.2) is 65.4 Å². The molecule has 0 unspecified atom stereocenters. The molecule has 35 heavy (non-hydrogen) atoms. The normalized spacial score (nSPS) is 16.9. The summed E-state index contributed by atoms with van der Waals surface area (Å²) < 4.78 is 10.7. The van der Waals surface area contributed by atoms with Crippen LogP contribution in [0.25, 0.3) is 10.9 Å². The zero-order chi connectivity index (χ0) is 24.2. The van der Waals surface area contributed by atoms with Gasteiger partial charge in [-0.1, -0.05) is 34.6 Å². The van der Waals surface area contributed by atoms with E-state index in [9.17, 15) is 4.79 Å². The lowest BCUT2D eigenvalue weighted by molar-refractivity contribution is 0.0741. The van der Waals surface area contributed by atoms with Crippen LogP contribution in [0.3, 0.4) is 0 Å². The number of likely N-dealkylation sites (N-methyl/N-ethyl adjacent to an activating group) is 1. The van der Waals surface area contributed by atoms with Crippen LogP contribution >= 0.6 is 0 Å². The van der Waals surface area contributed by atoms with Crippen LogP contribution < -0.4 is 4.74 Å². The number of rotatable bonds is 6. The third-order valence-electron chi connectivity index (χ3n) is 6.51. The molecule has 180 valence electrons. The van der Waals surface area contributed by atoms with E-state index in [1.165, 1.54) is 5.56 Å². The predicted molar refractivity (Wildman–Crippen MR) is 132 cm³/mol. The first-order valence-electron chi connectivity index (χ1n) is 11.9. The Balaban J connectivity index is 1.32. The van der Waals surface area contributed by atoms with Gasteiger partial charge in [0.1, 0.15) is 23.7 Å². The van der Waals surface area contributed by atoms with Gasteiger partial charge in [-0.3, -0.25) is 9.78 Å². The zero-order valence-corrected chi connectivity index (χ0v) is 20.1. The number of ether oxygens (including phenoxy) is 1. The molecule has 1 saturated heterocycles. The van der Waals surface area contributed by atoms with Crippen LogP contribution in [0.5, 0.6) is 5.75 Å². The molecule has 8 heteroatoms. The fourth-order valence-corrected chi connectivity index (χ4v) is 4.65. The average Bonchev–Trinajstić information content (AvgIpc) is 3.19. The van der Waals surface area contributed by atoms with Crippen molar-refractivity contribution >= 4 is 16.8 Å². The van der Waals surface area contributed by atoms with Gasteiger partial charge in [-0.15, -0.1) is 0 Å². The summed E-state index contributed by atoms with van der Waals surface area (Å²) >= 11 is 0. The van der Waals surface area contributed by atoms with Gasteiger partial charge in [0.25, 0.3) is 5.91 Å². The van der Waals surface area contributed by atoms with E-state index in [0.29, 0.717) is 41.7 Å². The minimum absolute atomic E-state index is 0.0152. The Morgan fingerprint density at radius 3 is 2.83 bits per heavy atom. The molecule has 1 amide bonds. The Morgan fingerprint density at radius 1 is 1.09 bits per heavy atom. The largest absolute Gasteiger partial charge is 0.486 e. The highest BCUT2D eigenvalue weighted by Crippen LogP contribution is 2.24. The maximum Gasteiger partial charge on any atom is 0.257 e. The van der Waals surface area contributed by atoms with Gasteiger partial charge >= 0.3 is 0 Å². The standard InChI is InChI=1S/C27H29N5O3/c1-19-25(30-35-29-19)18-34-26-8-4-3-7-23(26)27(33)32-13-12-31(2)16-21(17-32)14-20-9-10-24-22(15-20)6-5-11-28-24/h3-11,15,21H,12-14,16-18H2,1-2H3/t21-/m0/s1. The maximum atomic E-state index is 13.7. The third-order valence-corrected chi connectivity index (χ3v) is 6.51. The second-order valence-electron chi connectivity index (χ2n) is 9.20. The third kappa shape index (κ3) is 5.33. The van der Waals surface area contributed by atoms with Crippen molar-refractivity contribution in [3.05, 3.63) is 83.3 Å². The van der Waals surface area contributed by atoms with Gasteiger partial charge < -0.3 is 14.5 Å². The van der Waals surface area contributed by atoms with Crippen LogP contribution in [-0.2, 0) is 13.0 Å². The molecule has 1 aliphatic rings. The molecule has 2 aromatic heterocycles. The predicted octanol–water partition coefficient (Wildman–Crippen LogP) is 3.75. The van der Waals surface area contributed by atoms with Gasteiger partial charge in [0.15, 0.2) is 0 Å². The van der Waals surface area contributed by atoms with Gasteiger partial charge in [-0.2, -0.15) is 0 Å². The van der Waals surface area contributed by atoms with E-state index in [1.54, 1.807) is 0 Å². The van der Waals surface area contributed by atoms with Crippen LogP contribution in [-0.4, -0.2) is 64.2 Å². The lowest BCUT2D eigenvalue weighted by Gasteiger charge is -2.25. The van der Waals surface area contributed by atoms with Crippen molar-refractivity contribution in [2.45, 2.75) is 20.0 Å². The second kappa shape index (κ2) is 10.2. The van der Waals surface area contributed by atoms with E-state index in [-0.39, 0.29) is 12.5 Å². The molecule has 0 saturated carbocycles. The summed E-state index contributed by atoms with van der Waals surface area (Å²) in [7, 11) is 2.12. The van der Waals surface area contributed by atoms with Crippen LogP contribution in [0, 0.1) is 12.8 Å². The van der Waals surface area contributed by atoms with E-state index >= 15 is 0 Å². The number of aromatic nitrogens is 3. The summed E-state index contributed by atoms with van der Waals surface area (Å²) in [5.41, 5.74) is 4.12. The second-order valence-corrected chi connectivity index (χ2v) is 9.20. The minimum Gasteiger partial charge on any atom is -0.486 e. The number of nitrogens with zero attached hydrogens (tertiary/aromatic N) is 5. The number of fused-ring (bicyclic) bond motifs is 1. The molecule has 1 atom stereocenters. The van der Waals surface area contributed by atoms with E-state index < -0.39 is 0 Å².